The molecule has 2 aromatic carbocycles. The number of hydrogen-bond acceptors (Lipinski definition) is 8. The molecule has 0 aliphatic carbocycles. The van der Waals surface area contributed by atoms with Crippen LogP contribution in [0, 0.1) is 11.8 Å². The molecular formula is C25H23N7O3. The van der Waals surface area contributed by atoms with Gasteiger partial charge in [-0.1, -0.05) is 5.92 Å². The lowest BCUT2D eigenvalue weighted by Gasteiger charge is -2.11. The van der Waals surface area contributed by atoms with Crippen LogP contribution in [-0.4, -0.2) is 51.0 Å². The Labute approximate surface area is 201 Å². The van der Waals surface area contributed by atoms with Gasteiger partial charge >= 0.3 is 0 Å². The summed E-state index contributed by atoms with van der Waals surface area (Å²) in [6, 6.07) is 13.8. The predicted octanol–water partition coefficient (Wildman–Crippen LogP) is 2.76. The molecule has 2 aromatic heterocycles. The van der Waals surface area contributed by atoms with Gasteiger partial charge < -0.3 is 19.9 Å². The monoisotopic (exact) mass is 469 g/mol. The van der Waals surface area contributed by atoms with Crippen molar-refractivity contribution in [3.05, 3.63) is 71.5 Å². The minimum absolute atomic E-state index is 0.208. The van der Waals surface area contributed by atoms with E-state index in [0.717, 1.165) is 16.6 Å². The van der Waals surface area contributed by atoms with E-state index in [1.165, 1.54) is 23.3 Å². The minimum atomic E-state index is -0.390. The summed E-state index contributed by atoms with van der Waals surface area (Å²) < 4.78 is 7.01. The molecule has 35 heavy (non-hydrogen) atoms. The molecule has 0 saturated carbocycles. The van der Waals surface area contributed by atoms with Crippen molar-refractivity contribution in [2.45, 2.75) is 0 Å². The van der Waals surface area contributed by atoms with Gasteiger partial charge in [0.1, 0.15) is 24.2 Å². The lowest BCUT2D eigenvalue weighted by Crippen LogP contribution is -2.15. The van der Waals surface area contributed by atoms with E-state index in [1.54, 1.807) is 37.4 Å². The van der Waals surface area contributed by atoms with Gasteiger partial charge in [-0.25, -0.2) is 15.0 Å². The van der Waals surface area contributed by atoms with Crippen LogP contribution in [0.15, 0.2) is 66.0 Å². The molecule has 0 radical (unpaired) electrons. The summed E-state index contributed by atoms with van der Waals surface area (Å²) >= 11 is 0. The van der Waals surface area contributed by atoms with Crippen LogP contribution >= 0.6 is 0 Å². The molecule has 2 heterocycles. The van der Waals surface area contributed by atoms with Gasteiger partial charge in [-0.3, -0.25) is 14.5 Å². The number of amides is 1. The van der Waals surface area contributed by atoms with Gasteiger partial charge in [0.15, 0.2) is 0 Å². The molecule has 4 rings (SSSR count). The summed E-state index contributed by atoms with van der Waals surface area (Å²) in [6.07, 6.45) is 2.87. The van der Waals surface area contributed by atoms with E-state index < -0.39 is 0 Å². The van der Waals surface area contributed by atoms with Crippen LogP contribution < -0.4 is 20.9 Å². The summed E-state index contributed by atoms with van der Waals surface area (Å²) in [4.78, 5) is 38.5. The number of hydrogen-bond donors (Lipinski definition) is 2. The van der Waals surface area contributed by atoms with Crippen molar-refractivity contribution >= 4 is 34.0 Å². The van der Waals surface area contributed by atoms with Gasteiger partial charge in [0.2, 0.25) is 5.88 Å². The van der Waals surface area contributed by atoms with E-state index in [-0.39, 0.29) is 17.3 Å². The highest BCUT2D eigenvalue weighted by Crippen LogP contribution is 2.27. The summed E-state index contributed by atoms with van der Waals surface area (Å²) in [7, 11) is 5.39. The van der Waals surface area contributed by atoms with E-state index >= 15 is 0 Å². The number of carbonyl (C=O) groups excluding carboxylic acids is 1. The average molecular weight is 470 g/mol. The Morgan fingerprint density at radius 1 is 1.06 bits per heavy atom. The molecule has 0 aliphatic heterocycles. The van der Waals surface area contributed by atoms with Crippen molar-refractivity contribution in [3.8, 4) is 23.5 Å². The number of aromatic nitrogens is 4. The standard InChI is InChI=1S/C25H23N7O3/c1-31(2)12-4-5-22(33)29-18-8-11-21-20(13-18)25(27-15-26-21)30-17-6-9-19(10-7-17)35-23-14-24(34)32(3)16-28-23/h6-11,13-16H,12H2,1-3H3,(H,29,33)(H,26,27,30). The van der Waals surface area contributed by atoms with Crippen molar-refractivity contribution in [2.75, 3.05) is 31.3 Å². The zero-order valence-electron chi connectivity index (χ0n) is 19.4. The van der Waals surface area contributed by atoms with Gasteiger partial charge in [0.25, 0.3) is 11.5 Å². The summed E-state index contributed by atoms with van der Waals surface area (Å²) in [5.41, 5.74) is 1.86. The molecule has 2 N–H and O–H groups in total. The largest absolute Gasteiger partial charge is 0.439 e. The highest BCUT2D eigenvalue weighted by atomic mass is 16.5. The summed E-state index contributed by atoms with van der Waals surface area (Å²) in [6.45, 7) is 0.497. The Hall–Kier alpha value is -4.75. The van der Waals surface area contributed by atoms with Crippen molar-refractivity contribution in [2.24, 2.45) is 7.05 Å². The zero-order chi connectivity index (χ0) is 24.8. The molecule has 0 aliphatic rings. The third-order valence-corrected chi connectivity index (χ3v) is 4.78. The Kier molecular flexibility index (Phi) is 6.99. The van der Waals surface area contributed by atoms with E-state index in [0.29, 0.717) is 23.8 Å². The van der Waals surface area contributed by atoms with Crippen molar-refractivity contribution in [1.82, 2.24) is 24.4 Å². The second kappa shape index (κ2) is 10.5. The molecule has 0 saturated heterocycles. The molecule has 176 valence electrons. The van der Waals surface area contributed by atoms with Crippen LogP contribution in [0.1, 0.15) is 0 Å². The third-order valence-electron chi connectivity index (χ3n) is 4.78. The van der Waals surface area contributed by atoms with Crippen LogP contribution in [0.4, 0.5) is 17.2 Å². The number of benzene rings is 2. The van der Waals surface area contributed by atoms with E-state index in [4.69, 9.17) is 4.74 Å². The van der Waals surface area contributed by atoms with E-state index in [9.17, 15) is 9.59 Å². The summed E-state index contributed by atoms with van der Waals surface area (Å²) in [5.74, 6) is 6.31. The number of fused-ring (bicyclic) bond motifs is 1. The maximum absolute atomic E-state index is 12.1. The summed E-state index contributed by atoms with van der Waals surface area (Å²) in [5, 5.41) is 6.77. The first-order valence-electron chi connectivity index (χ1n) is 10.6. The van der Waals surface area contributed by atoms with Gasteiger partial charge in [-0.15, -0.1) is 0 Å². The van der Waals surface area contributed by atoms with Gasteiger partial charge in [0.05, 0.1) is 18.1 Å². The van der Waals surface area contributed by atoms with Crippen LogP contribution in [0.5, 0.6) is 11.6 Å². The first-order valence-corrected chi connectivity index (χ1v) is 10.6. The fraction of sp³-hybridized carbons (Fsp3) is 0.160. The van der Waals surface area contributed by atoms with Crippen LogP contribution in [0.2, 0.25) is 0 Å². The lowest BCUT2D eigenvalue weighted by atomic mass is 10.2. The Morgan fingerprint density at radius 3 is 2.57 bits per heavy atom. The molecule has 0 spiro atoms. The molecule has 4 aromatic rings. The minimum Gasteiger partial charge on any atom is -0.439 e. The fourth-order valence-corrected chi connectivity index (χ4v) is 3.04. The molecule has 0 atom stereocenters. The Bertz CT molecular complexity index is 1490. The SMILES string of the molecule is CN(C)CC#CC(=O)Nc1ccc2ncnc(Nc3ccc(Oc4cc(=O)n(C)cn4)cc3)c2c1. The van der Waals surface area contributed by atoms with Gasteiger partial charge in [-0.2, -0.15) is 0 Å². The molecule has 10 nitrogen and oxygen atoms in total. The molecule has 0 fully saturated rings. The highest BCUT2D eigenvalue weighted by Gasteiger charge is 2.08. The maximum Gasteiger partial charge on any atom is 0.300 e. The van der Waals surface area contributed by atoms with E-state index in [1.807, 2.05) is 31.1 Å². The van der Waals surface area contributed by atoms with Crippen LogP contribution in [0.25, 0.3) is 10.9 Å². The maximum atomic E-state index is 12.1. The van der Waals surface area contributed by atoms with Gasteiger partial charge in [-0.05, 0) is 62.5 Å². The number of nitrogens with one attached hydrogen (secondary N) is 2. The topological polar surface area (TPSA) is 114 Å². The number of carbonyl (C=O) groups is 1. The normalized spacial score (nSPS) is 10.5. The molecule has 1 amide bonds. The second-order valence-corrected chi connectivity index (χ2v) is 7.88. The molecule has 0 unspecified atom stereocenters. The molecular weight excluding hydrogens is 446 g/mol. The average Bonchev–Trinajstić information content (AvgIpc) is 2.83. The number of aryl methyl sites for hydroxylation is 1. The smallest absolute Gasteiger partial charge is 0.300 e. The lowest BCUT2D eigenvalue weighted by molar-refractivity contribution is -0.111. The van der Waals surface area contributed by atoms with Crippen LogP contribution in [-0.2, 0) is 11.8 Å². The van der Waals surface area contributed by atoms with Gasteiger partial charge in [0, 0.05) is 23.8 Å². The number of nitrogens with zero attached hydrogens (tertiary/aromatic N) is 5. The first kappa shape index (κ1) is 23.4. The quantitative estimate of drug-likeness (QED) is 0.415. The van der Waals surface area contributed by atoms with Crippen LogP contribution in [0.3, 0.4) is 0 Å². The molecule has 10 heteroatoms. The number of anilines is 3. The van der Waals surface area contributed by atoms with Crippen molar-refractivity contribution < 1.29 is 9.53 Å². The third kappa shape index (κ3) is 6.19. The molecule has 0 bridgehead atoms. The number of rotatable bonds is 6. The first-order chi connectivity index (χ1) is 16.9. The number of ether oxygens (including phenoxy) is 1. The predicted molar refractivity (Wildman–Crippen MR) is 134 cm³/mol. The van der Waals surface area contributed by atoms with E-state index in [2.05, 4.69) is 37.4 Å². The van der Waals surface area contributed by atoms with Crippen molar-refractivity contribution in [3.63, 3.8) is 0 Å². The highest BCUT2D eigenvalue weighted by molar-refractivity contribution is 6.05. The van der Waals surface area contributed by atoms with Crippen molar-refractivity contribution in [1.29, 1.82) is 0 Å². The second-order valence-electron chi connectivity index (χ2n) is 7.88. The zero-order valence-corrected chi connectivity index (χ0v) is 19.4. The Morgan fingerprint density at radius 2 is 1.83 bits per heavy atom. The fourth-order valence-electron chi connectivity index (χ4n) is 3.04. The Balaban J connectivity index is 1.49.